The summed E-state index contributed by atoms with van der Waals surface area (Å²) < 4.78 is 22.8. The zero-order valence-electron chi connectivity index (χ0n) is 19.2. The molecule has 0 radical (unpaired) electrons. The van der Waals surface area contributed by atoms with Crippen molar-refractivity contribution >= 4 is 17.3 Å². The number of ether oxygens (including phenoxy) is 4. The molecule has 168 valence electrons. The molecule has 1 heterocycles. The van der Waals surface area contributed by atoms with E-state index in [-0.39, 0.29) is 11.6 Å². The molecule has 0 bridgehead atoms. The van der Waals surface area contributed by atoms with Gasteiger partial charge in [0, 0.05) is 12.1 Å². The van der Waals surface area contributed by atoms with Crippen LogP contribution in [0.25, 0.3) is 0 Å². The van der Waals surface area contributed by atoms with Crippen LogP contribution in [0.3, 0.4) is 0 Å². The molecule has 1 aliphatic heterocycles. The van der Waals surface area contributed by atoms with Gasteiger partial charge in [-0.25, -0.2) is 0 Å². The lowest BCUT2D eigenvalue weighted by atomic mass is 9.92. The molecule has 0 fully saturated rings. The lowest BCUT2D eigenvalue weighted by molar-refractivity contribution is 0.180. The van der Waals surface area contributed by atoms with Crippen molar-refractivity contribution in [2.75, 3.05) is 34.5 Å². The van der Waals surface area contributed by atoms with Gasteiger partial charge in [0.05, 0.1) is 27.4 Å². The van der Waals surface area contributed by atoms with Crippen LogP contribution in [-0.4, -0.2) is 50.0 Å². The van der Waals surface area contributed by atoms with Crippen molar-refractivity contribution in [2.24, 2.45) is 0 Å². The first-order valence-electron chi connectivity index (χ1n) is 10.4. The van der Waals surface area contributed by atoms with Gasteiger partial charge in [-0.2, -0.15) is 0 Å². The molecule has 0 amide bonds. The van der Waals surface area contributed by atoms with Gasteiger partial charge in [0.2, 0.25) is 0 Å². The van der Waals surface area contributed by atoms with Crippen LogP contribution in [0.2, 0.25) is 0 Å². The summed E-state index contributed by atoms with van der Waals surface area (Å²) in [6.45, 7) is 7.50. The van der Waals surface area contributed by atoms with Crippen molar-refractivity contribution in [1.82, 2.24) is 10.2 Å². The van der Waals surface area contributed by atoms with Crippen LogP contribution in [0, 0.1) is 0 Å². The van der Waals surface area contributed by atoms with Crippen LogP contribution in [-0.2, 0) is 6.42 Å². The topological polar surface area (TPSA) is 52.2 Å². The summed E-state index contributed by atoms with van der Waals surface area (Å²) in [7, 11) is 4.95. The van der Waals surface area contributed by atoms with Crippen LogP contribution < -0.4 is 24.3 Å². The van der Waals surface area contributed by atoms with Crippen molar-refractivity contribution in [3.63, 3.8) is 0 Å². The molecule has 0 aliphatic carbocycles. The maximum Gasteiger partial charge on any atom is 0.169 e. The summed E-state index contributed by atoms with van der Waals surface area (Å²) >= 11 is 5.80. The van der Waals surface area contributed by atoms with Crippen molar-refractivity contribution in [3.05, 3.63) is 47.5 Å². The number of benzene rings is 2. The highest BCUT2D eigenvalue weighted by Gasteiger charge is 2.32. The molecule has 0 spiro atoms. The fourth-order valence-electron chi connectivity index (χ4n) is 3.75. The molecule has 0 saturated carbocycles. The Morgan fingerprint density at radius 2 is 1.61 bits per heavy atom. The van der Waals surface area contributed by atoms with Gasteiger partial charge in [0.15, 0.2) is 28.1 Å². The monoisotopic (exact) mass is 444 g/mol. The van der Waals surface area contributed by atoms with E-state index in [4.69, 9.17) is 31.2 Å². The number of para-hydroxylation sites is 2. The number of fused-ring (bicyclic) bond motifs is 1. The molecule has 1 N–H and O–H groups in total. The molecule has 0 saturated heterocycles. The second kappa shape index (κ2) is 9.64. The number of nitrogens with zero attached hydrogens (tertiary/aromatic N) is 1. The van der Waals surface area contributed by atoms with Gasteiger partial charge in [0.25, 0.3) is 0 Å². The number of hydrogen-bond acceptors (Lipinski definition) is 5. The number of rotatable bonds is 6. The zero-order chi connectivity index (χ0) is 22.6. The maximum atomic E-state index is 6.24. The molecule has 7 heteroatoms. The molecule has 6 nitrogen and oxygen atoms in total. The Hall–Kier alpha value is -2.67. The van der Waals surface area contributed by atoms with Gasteiger partial charge in [-0.15, -0.1) is 0 Å². The van der Waals surface area contributed by atoms with E-state index in [1.807, 2.05) is 30.3 Å². The summed E-state index contributed by atoms with van der Waals surface area (Å²) in [4.78, 5) is 2.20. The molecular weight excluding hydrogens is 412 g/mol. The van der Waals surface area contributed by atoms with Crippen LogP contribution in [0.4, 0.5) is 0 Å². The quantitative estimate of drug-likeness (QED) is 0.664. The minimum Gasteiger partial charge on any atom is -0.493 e. The van der Waals surface area contributed by atoms with E-state index in [9.17, 15) is 0 Å². The standard InChI is InChI=1S/C24H32N2O4S/c1-24(2,3)25-23(31)26-12-11-16-13-21(28-5)22(29-6)14-17(16)18(26)15-30-20-10-8-7-9-19(20)27-4/h7-10,13-14,18H,11-12,15H2,1-6H3,(H,25,31)/t18-/m1/s1. The normalized spacial score (nSPS) is 15.7. The predicted octanol–water partition coefficient (Wildman–Crippen LogP) is 4.36. The van der Waals surface area contributed by atoms with Crippen molar-refractivity contribution < 1.29 is 18.9 Å². The Morgan fingerprint density at radius 3 is 2.23 bits per heavy atom. The Bertz CT molecular complexity index is 926. The maximum absolute atomic E-state index is 6.24. The predicted molar refractivity (Wildman–Crippen MR) is 127 cm³/mol. The molecule has 1 atom stereocenters. The third-order valence-corrected chi connectivity index (χ3v) is 5.55. The number of methoxy groups -OCH3 is 3. The molecule has 2 aromatic carbocycles. The SMILES string of the molecule is COc1cc2c(cc1OC)[C@@H](COc1ccccc1OC)N(C(=S)NC(C)(C)C)CC2. The van der Waals surface area contributed by atoms with Crippen LogP contribution >= 0.6 is 12.2 Å². The lowest BCUT2D eigenvalue weighted by Crippen LogP contribution is -2.52. The van der Waals surface area contributed by atoms with Gasteiger partial charge in [0.1, 0.15) is 6.61 Å². The Kier molecular flexibility index (Phi) is 7.15. The highest BCUT2D eigenvalue weighted by atomic mass is 32.1. The highest BCUT2D eigenvalue weighted by molar-refractivity contribution is 7.80. The first-order valence-corrected chi connectivity index (χ1v) is 10.8. The van der Waals surface area contributed by atoms with E-state index >= 15 is 0 Å². The third-order valence-electron chi connectivity index (χ3n) is 5.21. The molecule has 2 aromatic rings. The Morgan fingerprint density at radius 1 is 1.00 bits per heavy atom. The summed E-state index contributed by atoms with van der Waals surface area (Å²) in [5.41, 5.74) is 2.20. The van der Waals surface area contributed by atoms with E-state index in [0.717, 1.165) is 24.3 Å². The number of nitrogens with one attached hydrogen (secondary N) is 1. The van der Waals surface area contributed by atoms with Crippen LogP contribution in [0.1, 0.15) is 37.9 Å². The van der Waals surface area contributed by atoms with Crippen molar-refractivity contribution in [3.8, 4) is 23.0 Å². The number of thiocarbonyl (C=S) groups is 1. The Labute approximate surface area is 190 Å². The fraction of sp³-hybridized carbons (Fsp3) is 0.458. The van der Waals surface area contributed by atoms with Gasteiger partial charge in [-0.1, -0.05) is 12.1 Å². The molecular formula is C24H32N2O4S. The van der Waals surface area contributed by atoms with E-state index in [0.29, 0.717) is 29.0 Å². The minimum absolute atomic E-state index is 0.0872. The summed E-state index contributed by atoms with van der Waals surface area (Å²) in [6, 6.07) is 11.7. The summed E-state index contributed by atoms with van der Waals surface area (Å²) in [5, 5.41) is 4.15. The fourth-order valence-corrected chi connectivity index (χ4v) is 4.28. The average molecular weight is 445 g/mol. The molecule has 1 aliphatic rings. The average Bonchev–Trinajstić information content (AvgIpc) is 2.75. The second-order valence-electron chi connectivity index (χ2n) is 8.51. The van der Waals surface area contributed by atoms with Gasteiger partial charge in [-0.3, -0.25) is 0 Å². The largest absolute Gasteiger partial charge is 0.493 e. The first-order chi connectivity index (χ1) is 14.8. The summed E-state index contributed by atoms with van der Waals surface area (Å²) in [6.07, 6.45) is 0.854. The summed E-state index contributed by atoms with van der Waals surface area (Å²) in [5.74, 6) is 2.83. The molecule has 0 unspecified atom stereocenters. The third kappa shape index (κ3) is 5.34. The van der Waals surface area contributed by atoms with Crippen molar-refractivity contribution in [1.29, 1.82) is 0 Å². The molecule has 3 rings (SSSR count). The van der Waals surface area contributed by atoms with Gasteiger partial charge >= 0.3 is 0 Å². The smallest absolute Gasteiger partial charge is 0.169 e. The Balaban J connectivity index is 1.96. The van der Waals surface area contributed by atoms with E-state index in [1.54, 1.807) is 21.3 Å². The van der Waals surface area contributed by atoms with Crippen LogP contribution in [0.5, 0.6) is 23.0 Å². The van der Waals surface area contributed by atoms with Gasteiger partial charge < -0.3 is 29.2 Å². The lowest BCUT2D eigenvalue weighted by Gasteiger charge is -2.41. The van der Waals surface area contributed by atoms with E-state index in [1.165, 1.54) is 5.56 Å². The van der Waals surface area contributed by atoms with E-state index in [2.05, 4.69) is 37.1 Å². The first kappa shape index (κ1) is 23.0. The molecule has 31 heavy (non-hydrogen) atoms. The van der Waals surface area contributed by atoms with E-state index < -0.39 is 0 Å². The minimum atomic E-state index is -0.136. The van der Waals surface area contributed by atoms with Crippen LogP contribution in [0.15, 0.2) is 36.4 Å². The number of hydrogen-bond donors (Lipinski definition) is 1. The highest BCUT2D eigenvalue weighted by Crippen LogP contribution is 2.39. The second-order valence-corrected chi connectivity index (χ2v) is 8.89. The molecule has 0 aromatic heterocycles. The zero-order valence-corrected chi connectivity index (χ0v) is 20.0. The van der Waals surface area contributed by atoms with Crippen molar-refractivity contribution in [2.45, 2.75) is 38.8 Å². The van der Waals surface area contributed by atoms with Gasteiger partial charge in [-0.05, 0) is 74.8 Å².